The van der Waals surface area contributed by atoms with Crippen LogP contribution in [0, 0.1) is 5.82 Å². The molecular formula is C14H9Cl2FO3S. The number of halogens is 3. The molecule has 0 aliphatic rings. The molecule has 2 rings (SSSR count). The Kier molecular flexibility index (Phi) is 4.98. The monoisotopic (exact) mass is 346 g/mol. The maximum absolute atomic E-state index is 13.6. The van der Waals surface area contributed by atoms with E-state index in [0.717, 1.165) is 0 Å². The maximum Gasteiger partial charge on any atom is 0.337 e. The molecule has 0 spiro atoms. The van der Waals surface area contributed by atoms with Gasteiger partial charge in [0.05, 0.1) is 27.1 Å². The first-order valence-electron chi connectivity index (χ1n) is 5.73. The van der Waals surface area contributed by atoms with Crippen molar-refractivity contribution in [3.63, 3.8) is 0 Å². The van der Waals surface area contributed by atoms with Crippen LogP contribution >= 0.6 is 23.2 Å². The minimum absolute atomic E-state index is 0.0530. The summed E-state index contributed by atoms with van der Waals surface area (Å²) in [6, 6.07) is 8.01. The van der Waals surface area contributed by atoms with Crippen molar-refractivity contribution >= 4 is 40.0 Å². The van der Waals surface area contributed by atoms with Crippen molar-refractivity contribution in [1.29, 1.82) is 0 Å². The van der Waals surface area contributed by atoms with Gasteiger partial charge in [0.25, 0.3) is 0 Å². The predicted molar refractivity (Wildman–Crippen MR) is 79.9 cm³/mol. The van der Waals surface area contributed by atoms with Gasteiger partial charge in [0, 0.05) is 15.5 Å². The summed E-state index contributed by atoms with van der Waals surface area (Å²) in [6.45, 7) is 0. The molecule has 1 N–H and O–H groups in total. The lowest BCUT2D eigenvalue weighted by molar-refractivity contribution is 0.0697. The van der Waals surface area contributed by atoms with E-state index in [-0.39, 0.29) is 26.8 Å². The van der Waals surface area contributed by atoms with Gasteiger partial charge in [0.15, 0.2) is 0 Å². The lowest BCUT2D eigenvalue weighted by Crippen LogP contribution is -2.03. The lowest BCUT2D eigenvalue weighted by Gasteiger charge is -2.06. The molecule has 0 saturated heterocycles. The number of carboxylic acids is 1. The van der Waals surface area contributed by atoms with Crippen LogP contribution in [0.2, 0.25) is 10.0 Å². The largest absolute Gasteiger partial charge is 0.478 e. The Hall–Kier alpha value is -1.43. The number of carbonyl (C=O) groups is 1. The van der Waals surface area contributed by atoms with Crippen molar-refractivity contribution in [2.24, 2.45) is 0 Å². The molecule has 3 nitrogen and oxygen atoms in total. The average Bonchev–Trinajstić information content (AvgIpc) is 2.43. The standard InChI is InChI=1S/C14H9Cl2FO3S/c15-9-1-4-13(17)8(5-9)7-21(20)10-2-3-12(16)11(6-10)14(18)19/h1-6H,7H2,(H,18,19). The topological polar surface area (TPSA) is 54.4 Å². The molecule has 0 aliphatic carbocycles. The second-order valence-electron chi connectivity index (χ2n) is 4.17. The van der Waals surface area contributed by atoms with Crippen molar-refractivity contribution in [3.05, 3.63) is 63.4 Å². The van der Waals surface area contributed by atoms with E-state index in [1.165, 1.54) is 36.4 Å². The van der Waals surface area contributed by atoms with Crippen LogP contribution < -0.4 is 0 Å². The highest BCUT2D eigenvalue weighted by Gasteiger charge is 2.14. The molecule has 110 valence electrons. The summed E-state index contributed by atoms with van der Waals surface area (Å²) >= 11 is 11.5. The van der Waals surface area contributed by atoms with Crippen LogP contribution in [0.15, 0.2) is 41.3 Å². The van der Waals surface area contributed by atoms with E-state index in [1.807, 2.05) is 0 Å². The minimum atomic E-state index is -1.61. The van der Waals surface area contributed by atoms with E-state index in [1.54, 1.807) is 0 Å². The Morgan fingerprint density at radius 1 is 1.19 bits per heavy atom. The van der Waals surface area contributed by atoms with E-state index in [9.17, 15) is 13.4 Å². The number of benzene rings is 2. The fourth-order valence-corrected chi connectivity index (χ4v) is 3.22. The molecule has 21 heavy (non-hydrogen) atoms. The Labute approximate surface area is 132 Å². The van der Waals surface area contributed by atoms with Crippen molar-refractivity contribution in [2.45, 2.75) is 10.6 Å². The van der Waals surface area contributed by atoms with Crippen LogP contribution in [0.4, 0.5) is 4.39 Å². The summed E-state index contributed by atoms with van der Waals surface area (Å²) in [5.74, 6) is -1.83. The van der Waals surface area contributed by atoms with Gasteiger partial charge in [-0.15, -0.1) is 0 Å². The van der Waals surface area contributed by atoms with Crippen molar-refractivity contribution in [1.82, 2.24) is 0 Å². The summed E-state index contributed by atoms with van der Waals surface area (Å²) in [7, 11) is -1.61. The molecule has 0 bridgehead atoms. The zero-order valence-corrected chi connectivity index (χ0v) is 12.8. The maximum atomic E-state index is 13.6. The van der Waals surface area contributed by atoms with Gasteiger partial charge in [0.2, 0.25) is 0 Å². The Morgan fingerprint density at radius 2 is 1.90 bits per heavy atom. The summed E-state index contributed by atoms with van der Waals surface area (Å²) in [4.78, 5) is 11.3. The third kappa shape index (κ3) is 3.81. The predicted octanol–water partition coefficient (Wildman–Crippen LogP) is 4.14. The van der Waals surface area contributed by atoms with E-state index in [2.05, 4.69) is 0 Å². The first-order chi connectivity index (χ1) is 9.88. The summed E-state index contributed by atoms with van der Waals surface area (Å²) in [5, 5.41) is 9.37. The molecule has 1 atom stereocenters. The Bertz CT molecular complexity index is 734. The second-order valence-corrected chi connectivity index (χ2v) is 6.47. The normalized spacial score (nSPS) is 12.1. The van der Waals surface area contributed by atoms with Crippen LogP contribution in [0.5, 0.6) is 0 Å². The average molecular weight is 347 g/mol. The third-order valence-corrected chi connectivity index (χ3v) is 4.64. The smallest absolute Gasteiger partial charge is 0.337 e. The van der Waals surface area contributed by atoms with E-state index in [0.29, 0.717) is 5.02 Å². The minimum Gasteiger partial charge on any atom is -0.478 e. The molecule has 0 radical (unpaired) electrons. The number of carboxylic acid groups (broad SMARTS) is 1. The molecule has 0 aromatic heterocycles. The van der Waals surface area contributed by atoms with Gasteiger partial charge in [-0.3, -0.25) is 4.21 Å². The van der Waals surface area contributed by atoms with Crippen LogP contribution in [0.1, 0.15) is 15.9 Å². The summed E-state index contributed by atoms with van der Waals surface area (Å²) in [5.41, 5.74) is 0.0572. The van der Waals surface area contributed by atoms with Gasteiger partial charge < -0.3 is 5.11 Å². The highest BCUT2D eigenvalue weighted by molar-refractivity contribution is 7.84. The summed E-state index contributed by atoms with van der Waals surface area (Å²) in [6.07, 6.45) is 0. The first kappa shape index (κ1) is 15.9. The van der Waals surface area contributed by atoms with Crippen LogP contribution in [0.25, 0.3) is 0 Å². The van der Waals surface area contributed by atoms with Gasteiger partial charge >= 0.3 is 5.97 Å². The van der Waals surface area contributed by atoms with Gasteiger partial charge in [0.1, 0.15) is 5.82 Å². The van der Waals surface area contributed by atoms with Gasteiger partial charge in [-0.1, -0.05) is 23.2 Å². The van der Waals surface area contributed by atoms with Crippen LogP contribution in [-0.4, -0.2) is 15.3 Å². The van der Waals surface area contributed by atoms with Crippen molar-refractivity contribution in [3.8, 4) is 0 Å². The molecule has 2 aromatic rings. The zero-order chi connectivity index (χ0) is 15.6. The molecule has 0 saturated carbocycles. The van der Waals surface area contributed by atoms with E-state index in [4.69, 9.17) is 28.3 Å². The number of hydrogen-bond donors (Lipinski definition) is 1. The molecule has 1 unspecified atom stereocenters. The highest BCUT2D eigenvalue weighted by Crippen LogP contribution is 2.23. The number of aromatic carboxylic acids is 1. The van der Waals surface area contributed by atoms with E-state index >= 15 is 0 Å². The Morgan fingerprint density at radius 3 is 2.57 bits per heavy atom. The molecule has 0 aliphatic heterocycles. The number of hydrogen-bond acceptors (Lipinski definition) is 2. The highest BCUT2D eigenvalue weighted by atomic mass is 35.5. The molecule has 0 amide bonds. The fourth-order valence-electron chi connectivity index (χ4n) is 1.69. The summed E-state index contributed by atoms with van der Waals surface area (Å²) < 4.78 is 25.8. The molecule has 0 fully saturated rings. The number of rotatable bonds is 4. The lowest BCUT2D eigenvalue weighted by atomic mass is 10.2. The van der Waals surface area contributed by atoms with Crippen molar-refractivity contribution < 1.29 is 18.5 Å². The van der Waals surface area contributed by atoms with E-state index < -0.39 is 22.6 Å². The van der Waals surface area contributed by atoms with Gasteiger partial charge in [-0.2, -0.15) is 0 Å². The van der Waals surface area contributed by atoms with Crippen LogP contribution in [0.3, 0.4) is 0 Å². The molecular weight excluding hydrogens is 338 g/mol. The second kappa shape index (κ2) is 6.56. The SMILES string of the molecule is O=C(O)c1cc(S(=O)Cc2cc(Cl)ccc2F)ccc1Cl. The molecule has 7 heteroatoms. The third-order valence-electron chi connectivity index (χ3n) is 2.73. The zero-order valence-electron chi connectivity index (χ0n) is 10.5. The van der Waals surface area contributed by atoms with Crippen molar-refractivity contribution in [2.75, 3.05) is 0 Å². The van der Waals surface area contributed by atoms with Gasteiger partial charge in [-0.25, -0.2) is 9.18 Å². The fraction of sp³-hybridized carbons (Fsp3) is 0.0714. The molecule has 2 aromatic carbocycles. The Balaban J connectivity index is 2.30. The van der Waals surface area contributed by atoms with Gasteiger partial charge in [-0.05, 0) is 36.4 Å². The van der Waals surface area contributed by atoms with Crippen LogP contribution in [-0.2, 0) is 16.6 Å². The quantitative estimate of drug-likeness (QED) is 0.904. The molecule has 0 heterocycles. The first-order valence-corrected chi connectivity index (χ1v) is 7.81.